The van der Waals surface area contributed by atoms with Crippen molar-refractivity contribution in [3.8, 4) is 5.75 Å². The van der Waals surface area contributed by atoms with Crippen molar-refractivity contribution in [1.82, 2.24) is 4.57 Å². The molecule has 0 bridgehead atoms. The van der Waals surface area contributed by atoms with Gasteiger partial charge in [-0.2, -0.15) is 0 Å². The maximum atomic E-state index is 12.2. The minimum Gasteiger partial charge on any atom is -0.483 e. The maximum Gasteiger partial charge on any atom is 0.292 e. The highest BCUT2D eigenvalue weighted by atomic mass is 16.5. The quantitative estimate of drug-likeness (QED) is 0.786. The fraction of sp³-hybridized carbons (Fsp3) is 0.312. The zero-order chi connectivity index (χ0) is 14.2. The molecule has 1 aromatic carbocycles. The Labute approximate surface area is 118 Å². The van der Waals surface area contributed by atoms with Crippen LogP contribution in [0.3, 0.4) is 0 Å². The second-order valence-electron chi connectivity index (χ2n) is 4.64. The van der Waals surface area contributed by atoms with Gasteiger partial charge in [0.05, 0.1) is 0 Å². The van der Waals surface area contributed by atoms with Gasteiger partial charge in [0.25, 0.3) is 5.56 Å². The van der Waals surface area contributed by atoms with Gasteiger partial charge in [-0.15, -0.1) is 0 Å². The Hall–Kier alpha value is -2.07. The van der Waals surface area contributed by atoms with E-state index in [1.807, 2.05) is 36.4 Å². The summed E-state index contributed by atoms with van der Waals surface area (Å²) in [4.78, 5) is 12.2. The lowest BCUT2D eigenvalue weighted by molar-refractivity contribution is 0.298. The lowest BCUT2D eigenvalue weighted by Crippen LogP contribution is -2.21. The number of rotatable bonds is 7. The van der Waals surface area contributed by atoms with Gasteiger partial charge in [-0.05, 0) is 37.1 Å². The molecule has 0 atom stereocenters. The third kappa shape index (κ3) is 3.96. The summed E-state index contributed by atoms with van der Waals surface area (Å²) in [5.41, 5.74) is 6.42. The standard InChI is InChI=1S/C16H20N2O2/c17-10-4-5-11-18-12-6-9-15(16(18)19)20-13-14-7-2-1-3-8-14/h1-3,6-9,12H,4-5,10-11,13,17H2. The third-order valence-electron chi connectivity index (χ3n) is 3.08. The number of aromatic nitrogens is 1. The van der Waals surface area contributed by atoms with Crippen LogP contribution >= 0.6 is 0 Å². The van der Waals surface area contributed by atoms with Crippen molar-refractivity contribution in [3.63, 3.8) is 0 Å². The van der Waals surface area contributed by atoms with E-state index in [0.29, 0.717) is 25.4 Å². The normalized spacial score (nSPS) is 10.4. The van der Waals surface area contributed by atoms with Crippen molar-refractivity contribution >= 4 is 0 Å². The van der Waals surface area contributed by atoms with Crippen LogP contribution in [0.15, 0.2) is 53.5 Å². The Balaban J connectivity index is 2.01. The number of aryl methyl sites for hydroxylation is 1. The summed E-state index contributed by atoms with van der Waals surface area (Å²) >= 11 is 0. The largest absolute Gasteiger partial charge is 0.483 e. The molecular formula is C16H20N2O2. The van der Waals surface area contributed by atoms with Gasteiger partial charge < -0.3 is 15.0 Å². The highest BCUT2D eigenvalue weighted by molar-refractivity contribution is 5.19. The number of hydrogen-bond donors (Lipinski definition) is 1. The van der Waals surface area contributed by atoms with Crippen LogP contribution in [0.1, 0.15) is 18.4 Å². The molecule has 4 nitrogen and oxygen atoms in total. The molecule has 4 heteroatoms. The Morgan fingerprint density at radius 1 is 1.05 bits per heavy atom. The van der Waals surface area contributed by atoms with Crippen LogP contribution in [0, 0.1) is 0 Å². The summed E-state index contributed by atoms with van der Waals surface area (Å²) in [6, 6.07) is 13.4. The van der Waals surface area contributed by atoms with E-state index < -0.39 is 0 Å². The fourth-order valence-electron chi connectivity index (χ4n) is 1.96. The first-order valence-electron chi connectivity index (χ1n) is 6.87. The maximum absolute atomic E-state index is 12.2. The van der Waals surface area contributed by atoms with E-state index in [9.17, 15) is 4.79 Å². The van der Waals surface area contributed by atoms with Gasteiger partial charge in [0.15, 0.2) is 5.75 Å². The predicted octanol–water partition coefficient (Wildman–Crippen LogP) is 2.17. The van der Waals surface area contributed by atoms with Crippen molar-refractivity contribution in [1.29, 1.82) is 0 Å². The first kappa shape index (κ1) is 14.3. The van der Waals surface area contributed by atoms with Crippen LogP contribution in [-0.2, 0) is 13.2 Å². The summed E-state index contributed by atoms with van der Waals surface area (Å²) in [5, 5.41) is 0. The zero-order valence-electron chi connectivity index (χ0n) is 11.5. The molecule has 106 valence electrons. The highest BCUT2D eigenvalue weighted by Crippen LogP contribution is 2.07. The van der Waals surface area contributed by atoms with E-state index in [0.717, 1.165) is 18.4 Å². The second kappa shape index (κ2) is 7.50. The molecule has 2 N–H and O–H groups in total. The SMILES string of the molecule is NCCCCn1cccc(OCc2ccccc2)c1=O. The third-order valence-corrected chi connectivity index (χ3v) is 3.08. The molecule has 2 rings (SSSR count). The van der Waals surface area contributed by atoms with Crippen LogP contribution in [0.2, 0.25) is 0 Å². The Bertz CT molecular complexity index is 579. The van der Waals surface area contributed by atoms with E-state index in [1.54, 1.807) is 16.8 Å². The van der Waals surface area contributed by atoms with Gasteiger partial charge in [0.1, 0.15) is 6.61 Å². The van der Waals surface area contributed by atoms with E-state index in [-0.39, 0.29) is 5.56 Å². The van der Waals surface area contributed by atoms with Crippen LogP contribution in [0.5, 0.6) is 5.75 Å². The number of nitrogens with zero attached hydrogens (tertiary/aromatic N) is 1. The van der Waals surface area contributed by atoms with Gasteiger partial charge in [0.2, 0.25) is 0 Å². The minimum absolute atomic E-state index is 0.0829. The average Bonchev–Trinajstić information content (AvgIpc) is 2.49. The van der Waals surface area contributed by atoms with Crippen LogP contribution < -0.4 is 16.0 Å². The topological polar surface area (TPSA) is 57.2 Å². The molecule has 1 aromatic heterocycles. The van der Waals surface area contributed by atoms with E-state index in [2.05, 4.69) is 0 Å². The van der Waals surface area contributed by atoms with Crippen molar-refractivity contribution < 1.29 is 4.74 Å². The number of hydrogen-bond acceptors (Lipinski definition) is 3. The van der Waals surface area contributed by atoms with Crippen LogP contribution in [0.4, 0.5) is 0 Å². The summed E-state index contributed by atoms with van der Waals surface area (Å²) in [5.74, 6) is 0.393. The number of nitrogens with two attached hydrogens (primary N) is 1. The number of ether oxygens (including phenoxy) is 1. The number of pyridine rings is 1. The minimum atomic E-state index is -0.0829. The van der Waals surface area contributed by atoms with Crippen molar-refractivity contribution in [3.05, 3.63) is 64.6 Å². The second-order valence-corrected chi connectivity index (χ2v) is 4.64. The first-order chi connectivity index (χ1) is 9.81. The molecule has 0 aliphatic heterocycles. The van der Waals surface area contributed by atoms with Gasteiger partial charge >= 0.3 is 0 Å². The van der Waals surface area contributed by atoms with Crippen LogP contribution in [0.25, 0.3) is 0 Å². The smallest absolute Gasteiger partial charge is 0.292 e. The molecule has 0 saturated carbocycles. The summed E-state index contributed by atoms with van der Waals surface area (Å²) in [6.45, 7) is 1.74. The molecule has 0 fully saturated rings. The molecule has 0 spiro atoms. The van der Waals surface area contributed by atoms with Crippen molar-refractivity contribution in [2.75, 3.05) is 6.54 Å². The molecule has 0 saturated heterocycles. The molecule has 0 radical (unpaired) electrons. The monoisotopic (exact) mass is 272 g/mol. The van der Waals surface area contributed by atoms with Gasteiger partial charge in [-0.3, -0.25) is 4.79 Å². The highest BCUT2D eigenvalue weighted by Gasteiger charge is 2.04. The number of unbranched alkanes of at least 4 members (excludes halogenated alkanes) is 1. The zero-order valence-corrected chi connectivity index (χ0v) is 11.5. The lowest BCUT2D eigenvalue weighted by Gasteiger charge is -2.09. The molecule has 0 amide bonds. The van der Waals surface area contributed by atoms with E-state index >= 15 is 0 Å². The molecule has 0 aliphatic carbocycles. The Morgan fingerprint density at radius 3 is 2.60 bits per heavy atom. The Kier molecular flexibility index (Phi) is 5.38. The summed E-state index contributed by atoms with van der Waals surface area (Å²) in [7, 11) is 0. The molecule has 1 heterocycles. The number of benzene rings is 1. The fourth-order valence-corrected chi connectivity index (χ4v) is 1.96. The molecule has 2 aromatic rings. The summed E-state index contributed by atoms with van der Waals surface area (Å²) in [6.07, 6.45) is 3.61. The molecule has 0 unspecified atom stereocenters. The lowest BCUT2D eigenvalue weighted by atomic mass is 10.2. The molecule has 20 heavy (non-hydrogen) atoms. The molecule has 0 aliphatic rings. The van der Waals surface area contributed by atoms with Gasteiger partial charge in [-0.1, -0.05) is 30.3 Å². The van der Waals surface area contributed by atoms with Crippen LogP contribution in [-0.4, -0.2) is 11.1 Å². The van der Waals surface area contributed by atoms with E-state index in [4.69, 9.17) is 10.5 Å². The molecular weight excluding hydrogens is 252 g/mol. The first-order valence-corrected chi connectivity index (χ1v) is 6.87. The van der Waals surface area contributed by atoms with E-state index in [1.165, 1.54) is 0 Å². The predicted molar refractivity (Wildman–Crippen MR) is 79.8 cm³/mol. The van der Waals surface area contributed by atoms with Crippen molar-refractivity contribution in [2.45, 2.75) is 26.0 Å². The van der Waals surface area contributed by atoms with Gasteiger partial charge in [-0.25, -0.2) is 0 Å². The summed E-state index contributed by atoms with van der Waals surface area (Å²) < 4.78 is 7.29. The van der Waals surface area contributed by atoms with Crippen molar-refractivity contribution in [2.24, 2.45) is 5.73 Å². The average molecular weight is 272 g/mol. The van der Waals surface area contributed by atoms with Gasteiger partial charge in [0, 0.05) is 12.7 Å². The Morgan fingerprint density at radius 2 is 1.85 bits per heavy atom.